The lowest BCUT2D eigenvalue weighted by atomic mass is 9.94. The fraction of sp³-hybridized carbons (Fsp3) is 0.407. The van der Waals surface area contributed by atoms with Gasteiger partial charge in [0.2, 0.25) is 5.91 Å². The van der Waals surface area contributed by atoms with E-state index < -0.39 is 5.41 Å². The minimum Gasteiger partial charge on any atom is -0.399 e. The van der Waals surface area contributed by atoms with Crippen LogP contribution in [0, 0.1) is 11.6 Å². The molecule has 0 radical (unpaired) electrons. The van der Waals surface area contributed by atoms with Crippen molar-refractivity contribution in [3.05, 3.63) is 69.7 Å². The third kappa shape index (κ3) is 6.37. The summed E-state index contributed by atoms with van der Waals surface area (Å²) in [7, 11) is 3.64. The van der Waals surface area contributed by atoms with Gasteiger partial charge in [-0.3, -0.25) is 4.79 Å². The van der Waals surface area contributed by atoms with Crippen molar-refractivity contribution >= 4 is 46.8 Å². The number of anilines is 2. The first-order chi connectivity index (χ1) is 17.0. The van der Waals surface area contributed by atoms with Gasteiger partial charge in [-0.15, -0.1) is 0 Å². The summed E-state index contributed by atoms with van der Waals surface area (Å²) in [6, 6.07) is 5.74. The average molecular weight is 540 g/mol. The van der Waals surface area contributed by atoms with Crippen molar-refractivity contribution in [1.29, 1.82) is 0 Å². The second-order valence-electron chi connectivity index (χ2n) is 8.80. The molecule has 1 saturated heterocycles. The molecule has 1 amide bonds. The topological polar surface area (TPSA) is 66.6 Å². The summed E-state index contributed by atoms with van der Waals surface area (Å²) in [4.78, 5) is 26.0. The number of rotatable bonds is 5. The van der Waals surface area contributed by atoms with E-state index in [-0.39, 0.29) is 28.5 Å². The Morgan fingerprint density at radius 3 is 2.36 bits per heavy atom. The molecule has 2 aromatic rings. The molecule has 1 heterocycles. The minimum absolute atomic E-state index is 0.111. The molecule has 1 aliphatic heterocycles. The number of amides is 1. The molecule has 0 bridgehead atoms. The van der Waals surface area contributed by atoms with Crippen LogP contribution in [0.1, 0.15) is 50.2 Å². The largest absolute Gasteiger partial charge is 0.399 e. The van der Waals surface area contributed by atoms with Crippen molar-refractivity contribution in [2.75, 3.05) is 37.8 Å². The molecule has 9 heteroatoms. The molecule has 1 aliphatic carbocycles. The molecule has 2 aliphatic rings. The van der Waals surface area contributed by atoms with Gasteiger partial charge in [0.05, 0.1) is 15.5 Å². The highest BCUT2D eigenvalue weighted by Crippen LogP contribution is 2.51. The summed E-state index contributed by atoms with van der Waals surface area (Å²) in [5.41, 5.74) is 6.97. The standard InChI is InChI=1S/C13H12Cl2FNO.C12H15FN2O.C2H6/c1-2-11(18)17-6-5-8(7-17)12-10(16)4-3-9(14)13(12)15;1-15(2)10-6-8(14)5-9(13)11(10)12(7-16)3-4-12;1-2/h2-4,8H,1,5-7H2;5-7H,3-4,14H2,1-2H3;1-2H3. The van der Waals surface area contributed by atoms with Crippen LogP contribution in [0.15, 0.2) is 36.9 Å². The molecule has 2 fully saturated rings. The van der Waals surface area contributed by atoms with E-state index >= 15 is 0 Å². The van der Waals surface area contributed by atoms with E-state index in [1.54, 1.807) is 15.9 Å². The number of hydrogen-bond donors (Lipinski definition) is 1. The summed E-state index contributed by atoms with van der Waals surface area (Å²) < 4.78 is 27.8. The number of benzene rings is 2. The molecular formula is C27H33Cl2F2N3O2. The molecule has 2 N–H and O–H groups in total. The maximum Gasteiger partial charge on any atom is 0.245 e. The first-order valence-electron chi connectivity index (χ1n) is 11.8. The van der Waals surface area contributed by atoms with Gasteiger partial charge in [-0.25, -0.2) is 8.78 Å². The number of nitrogen functional groups attached to an aromatic ring is 1. The highest BCUT2D eigenvalue weighted by molar-refractivity contribution is 6.42. The smallest absolute Gasteiger partial charge is 0.245 e. The fourth-order valence-electron chi connectivity index (χ4n) is 4.26. The van der Waals surface area contributed by atoms with E-state index in [2.05, 4.69) is 6.58 Å². The summed E-state index contributed by atoms with van der Waals surface area (Å²) in [6.07, 6.45) is 4.24. The number of halogens is 4. The van der Waals surface area contributed by atoms with Crippen molar-refractivity contribution in [2.24, 2.45) is 0 Å². The lowest BCUT2D eigenvalue weighted by Gasteiger charge is -2.21. The molecule has 1 saturated carbocycles. The lowest BCUT2D eigenvalue weighted by molar-refractivity contribution is -0.125. The zero-order valence-corrected chi connectivity index (χ0v) is 22.6. The third-order valence-corrected chi connectivity index (χ3v) is 7.07. The summed E-state index contributed by atoms with van der Waals surface area (Å²) in [6.45, 7) is 8.47. The normalized spacial score (nSPS) is 17.2. The van der Waals surface area contributed by atoms with E-state index in [0.717, 1.165) is 19.1 Å². The number of carbonyl (C=O) groups excluding carboxylic acids is 2. The van der Waals surface area contributed by atoms with Gasteiger partial charge in [0.25, 0.3) is 0 Å². The van der Waals surface area contributed by atoms with Crippen molar-refractivity contribution in [3.63, 3.8) is 0 Å². The first kappa shape index (κ1) is 29.6. The Hall–Kier alpha value is -2.64. The summed E-state index contributed by atoms with van der Waals surface area (Å²) >= 11 is 11.9. The second-order valence-corrected chi connectivity index (χ2v) is 9.58. The molecule has 2 aromatic carbocycles. The van der Waals surface area contributed by atoms with Gasteiger partial charge in [-0.2, -0.15) is 0 Å². The van der Waals surface area contributed by atoms with Gasteiger partial charge < -0.3 is 20.3 Å². The Bertz CT molecular complexity index is 1120. The number of aldehydes is 1. The van der Waals surface area contributed by atoms with Gasteiger partial charge in [0.15, 0.2) is 0 Å². The predicted octanol–water partition coefficient (Wildman–Crippen LogP) is 6.37. The number of hydrogen-bond acceptors (Lipinski definition) is 4. The van der Waals surface area contributed by atoms with Crippen LogP contribution in [0.4, 0.5) is 20.2 Å². The molecular weight excluding hydrogens is 507 g/mol. The van der Waals surface area contributed by atoms with Gasteiger partial charge >= 0.3 is 0 Å². The van der Waals surface area contributed by atoms with Crippen molar-refractivity contribution < 1.29 is 18.4 Å². The monoisotopic (exact) mass is 539 g/mol. The Kier molecular flexibility index (Phi) is 10.3. The molecule has 1 unspecified atom stereocenters. The van der Waals surface area contributed by atoms with E-state index in [9.17, 15) is 18.4 Å². The third-order valence-electron chi connectivity index (χ3n) is 6.25. The fourth-order valence-corrected chi connectivity index (χ4v) is 4.73. The zero-order valence-electron chi connectivity index (χ0n) is 21.1. The van der Waals surface area contributed by atoms with Crippen molar-refractivity contribution in [3.8, 4) is 0 Å². The van der Waals surface area contributed by atoms with Gasteiger partial charge in [-0.1, -0.05) is 43.6 Å². The molecule has 0 aromatic heterocycles. The van der Waals surface area contributed by atoms with Gasteiger partial charge in [0.1, 0.15) is 17.9 Å². The van der Waals surface area contributed by atoms with Crippen molar-refractivity contribution in [2.45, 2.75) is 44.4 Å². The Labute approximate surface area is 221 Å². The highest BCUT2D eigenvalue weighted by Gasteiger charge is 2.48. The quantitative estimate of drug-likeness (QED) is 0.207. The maximum absolute atomic E-state index is 13.9. The summed E-state index contributed by atoms with van der Waals surface area (Å²) in [5, 5.41) is 0.580. The number of nitrogens with zero attached hydrogens (tertiary/aromatic N) is 2. The zero-order chi connectivity index (χ0) is 27.2. The van der Waals surface area contributed by atoms with E-state index in [1.165, 1.54) is 24.3 Å². The van der Waals surface area contributed by atoms with Crippen LogP contribution in [0.2, 0.25) is 10.0 Å². The first-order valence-corrected chi connectivity index (χ1v) is 12.6. The molecule has 5 nitrogen and oxygen atoms in total. The maximum atomic E-state index is 13.9. The second kappa shape index (κ2) is 12.5. The van der Waals surface area contributed by atoms with Crippen LogP contribution < -0.4 is 10.6 Å². The van der Waals surface area contributed by atoms with Crippen LogP contribution in [-0.2, 0) is 15.0 Å². The molecule has 36 heavy (non-hydrogen) atoms. The van der Waals surface area contributed by atoms with E-state index in [4.69, 9.17) is 28.9 Å². The van der Waals surface area contributed by atoms with Crippen LogP contribution in [0.5, 0.6) is 0 Å². The Morgan fingerprint density at radius 1 is 1.19 bits per heavy atom. The highest BCUT2D eigenvalue weighted by atomic mass is 35.5. The molecule has 196 valence electrons. The molecule has 0 spiro atoms. The Balaban J connectivity index is 0.000000239. The number of carbonyl (C=O) groups is 2. The van der Waals surface area contributed by atoms with Crippen LogP contribution in [0.3, 0.4) is 0 Å². The predicted molar refractivity (Wildman–Crippen MR) is 144 cm³/mol. The van der Waals surface area contributed by atoms with Crippen molar-refractivity contribution in [1.82, 2.24) is 4.90 Å². The minimum atomic E-state index is -0.614. The average Bonchev–Trinajstić information content (AvgIpc) is 3.50. The van der Waals surface area contributed by atoms with Crippen LogP contribution in [-0.4, -0.2) is 44.3 Å². The van der Waals surface area contributed by atoms with E-state index in [1.807, 2.05) is 27.9 Å². The van der Waals surface area contributed by atoms with E-state index in [0.29, 0.717) is 47.0 Å². The SMILES string of the molecule is C=CC(=O)N1CCC(c2c(F)ccc(Cl)c2Cl)C1.CC.CN(C)c1cc(N)cc(F)c1C1(C=O)CC1. The number of nitrogens with two attached hydrogens (primary N) is 1. The van der Waals surface area contributed by atoms with Gasteiger partial charge in [-0.05, 0) is 49.6 Å². The van der Waals surface area contributed by atoms with Gasteiger partial charge in [0, 0.05) is 55.6 Å². The molecule has 1 atom stereocenters. The Morgan fingerprint density at radius 2 is 1.83 bits per heavy atom. The van der Waals surface area contributed by atoms with Crippen LogP contribution in [0.25, 0.3) is 0 Å². The lowest BCUT2D eigenvalue weighted by Crippen LogP contribution is -2.26. The molecule has 4 rings (SSSR count). The number of likely N-dealkylation sites (tertiary alicyclic amines) is 1. The van der Waals surface area contributed by atoms with Crippen LogP contribution >= 0.6 is 23.2 Å². The summed E-state index contributed by atoms with van der Waals surface area (Å²) in [5.74, 6) is -1.01.